The first-order chi connectivity index (χ1) is 13.7. The van der Waals surface area contributed by atoms with Gasteiger partial charge >= 0.3 is 12.1 Å². The van der Waals surface area contributed by atoms with Crippen LogP contribution < -0.4 is 5.32 Å². The normalized spacial score (nSPS) is 32.7. The third-order valence-corrected chi connectivity index (χ3v) is 8.12. The SMILES string of the molecule is CCc1cc2c(s1)CCO[C@@]21CCN(CC2CC(NC(=O)C(F)(F)F)C2)[C@@H](C)C1. The molecule has 1 saturated carbocycles. The van der Waals surface area contributed by atoms with Gasteiger partial charge in [-0.05, 0) is 56.6 Å². The summed E-state index contributed by atoms with van der Waals surface area (Å²) in [6, 6.07) is 2.37. The van der Waals surface area contributed by atoms with E-state index in [-0.39, 0.29) is 11.6 Å². The van der Waals surface area contributed by atoms with Crippen molar-refractivity contribution >= 4 is 17.2 Å². The maximum absolute atomic E-state index is 12.4. The van der Waals surface area contributed by atoms with Crippen LogP contribution in [0.1, 0.15) is 54.8 Å². The highest BCUT2D eigenvalue weighted by molar-refractivity contribution is 7.12. The Kier molecular flexibility index (Phi) is 5.72. The van der Waals surface area contributed by atoms with E-state index >= 15 is 0 Å². The number of alkyl halides is 3. The average molecular weight is 431 g/mol. The Hall–Kier alpha value is -1.12. The molecule has 3 heterocycles. The summed E-state index contributed by atoms with van der Waals surface area (Å²) in [6.07, 6.45) is 0.448. The number of amides is 1. The molecule has 2 fully saturated rings. The van der Waals surface area contributed by atoms with Gasteiger partial charge in [0.1, 0.15) is 0 Å². The van der Waals surface area contributed by atoms with Crippen LogP contribution in [0, 0.1) is 5.92 Å². The van der Waals surface area contributed by atoms with Crippen molar-refractivity contribution in [2.24, 2.45) is 5.92 Å². The van der Waals surface area contributed by atoms with Crippen LogP contribution >= 0.6 is 11.3 Å². The first-order valence-corrected chi connectivity index (χ1v) is 11.4. The predicted octanol–water partition coefficient (Wildman–Crippen LogP) is 4.02. The van der Waals surface area contributed by atoms with E-state index in [0.717, 1.165) is 45.4 Å². The third kappa shape index (κ3) is 4.21. The molecule has 0 bridgehead atoms. The molecule has 2 aliphatic heterocycles. The zero-order valence-corrected chi connectivity index (χ0v) is 17.8. The van der Waals surface area contributed by atoms with Gasteiger partial charge in [0, 0.05) is 41.3 Å². The van der Waals surface area contributed by atoms with E-state index < -0.39 is 12.1 Å². The summed E-state index contributed by atoms with van der Waals surface area (Å²) in [5.41, 5.74) is 1.23. The highest BCUT2D eigenvalue weighted by Gasteiger charge is 2.46. The van der Waals surface area contributed by atoms with Gasteiger partial charge in [0.2, 0.25) is 0 Å². The molecule has 0 unspecified atom stereocenters. The fourth-order valence-electron chi connectivity index (χ4n) is 5.15. The Morgan fingerprint density at radius 1 is 1.41 bits per heavy atom. The van der Waals surface area contributed by atoms with Crippen LogP contribution in [0.4, 0.5) is 13.2 Å². The number of carbonyl (C=O) groups excluding carboxylic acids is 1. The van der Waals surface area contributed by atoms with Crippen molar-refractivity contribution in [2.45, 2.75) is 76.2 Å². The molecule has 162 valence electrons. The summed E-state index contributed by atoms with van der Waals surface area (Å²) in [7, 11) is 0. The van der Waals surface area contributed by atoms with Gasteiger partial charge < -0.3 is 15.0 Å². The molecule has 3 aliphatic rings. The summed E-state index contributed by atoms with van der Waals surface area (Å²) < 4.78 is 43.5. The van der Waals surface area contributed by atoms with Gasteiger partial charge in [0.05, 0.1) is 12.2 Å². The number of fused-ring (bicyclic) bond motifs is 2. The average Bonchev–Trinajstić information content (AvgIpc) is 3.06. The number of halogens is 3. The van der Waals surface area contributed by atoms with Crippen LogP contribution in [0.3, 0.4) is 0 Å². The number of nitrogens with zero attached hydrogens (tertiary/aromatic N) is 1. The third-order valence-electron chi connectivity index (χ3n) is 6.78. The molecule has 2 atom stereocenters. The van der Waals surface area contributed by atoms with E-state index in [0.29, 0.717) is 24.8 Å². The molecular weight excluding hydrogens is 401 g/mol. The van der Waals surface area contributed by atoms with Crippen molar-refractivity contribution in [1.82, 2.24) is 10.2 Å². The fraction of sp³-hybridized carbons (Fsp3) is 0.762. The van der Waals surface area contributed by atoms with Crippen LogP contribution in [0.15, 0.2) is 6.07 Å². The first-order valence-electron chi connectivity index (χ1n) is 10.6. The molecule has 0 radical (unpaired) electrons. The Balaban J connectivity index is 1.31. The van der Waals surface area contributed by atoms with Crippen molar-refractivity contribution in [3.8, 4) is 0 Å². The quantitative estimate of drug-likeness (QED) is 0.785. The molecule has 1 aromatic heterocycles. The summed E-state index contributed by atoms with van der Waals surface area (Å²) in [5, 5.41) is 2.10. The maximum atomic E-state index is 12.4. The lowest BCUT2D eigenvalue weighted by Crippen LogP contribution is -2.55. The van der Waals surface area contributed by atoms with E-state index in [9.17, 15) is 18.0 Å². The van der Waals surface area contributed by atoms with Crippen molar-refractivity contribution in [2.75, 3.05) is 19.7 Å². The van der Waals surface area contributed by atoms with E-state index in [2.05, 4.69) is 30.1 Å². The molecule has 1 N–H and O–H groups in total. The van der Waals surface area contributed by atoms with E-state index in [1.807, 2.05) is 11.3 Å². The van der Waals surface area contributed by atoms with Gasteiger partial charge in [-0.15, -0.1) is 11.3 Å². The lowest BCUT2D eigenvalue weighted by atomic mass is 9.76. The first kappa shape index (κ1) is 21.1. The number of hydrogen-bond acceptors (Lipinski definition) is 4. The number of nitrogens with one attached hydrogen (secondary N) is 1. The summed E-state index contributed by atoms with van der Waals surface area (Å²) in [6.45, 7) is 7.03. The van der Waals surface area contributed by atoms with E-state index in [4.69, 9.17) is 4.74 Å². The van der Waals surface area contributed by atoms with Crippen LogP contribution in [-0.2, 0) is 28.0 Å². The second-order valence-corrected chi connectivity index (χ2v) is 10.0. The maximum Gasteiger partial charge on any atom is 0.471 e. The molecule has 4 nitrogen and oxygen atoms in total. The molecule has 1 amide bonds. The number of aryl methyl sites for hydroxylation is 1. The minimum Gasteiger partial charge on any atom is -0.370 e. The topological polar surface area (TPSA) is 41.6 Å². The molecule has 8 heteroatoms. The number of hydrogen-bond donors (Lipinski definition) is 1. The fourth-order valence-corrected chi connectivity index (χ4v) is 6.33. The van der Waals surface area contributed by atoms with E-state index in [1.54, 1.807) is 0 Å². The molecule has 1 aromatic rings. The number of likely N-dealkylation sites (tertiary alicyclic amines) is 1. The molecular formula is C21H29F3N2O2S. The van der Waals surface area contributed by atoms with E-state index in [1.165, 1.54) is 15.3 Å². The number of carbonyl (C=O) groups is 1. The van der Waals surface area contributed by atoms with Crippen molar-refractivity contribution in [1.29, 1.82) is 0 Å². The standard InChI is InChI=1S/C21H29F3N2O2S/c1-3-16-10-17-18(29-16)4-7-28-20(17)5-6-26(13(2)11-20)12-14-8-15(9-14)25-19(27)21(22,23)24/h10,13-15H,3-9,11-12H2,1-2H3,(H,25,27)/t13-,14?,15?,20+/m0/s1. The minimum absolute atomic E-state index is 0.170. The molecule has 1 spiro atoms. The minimum atomic E-state index is -4.79. The van der Waals surface area contributed by atoms with Crippen LogP contribution in [0.25, 0.3) is 0 Å². The number of piperidine rings is 1. The lowest BCUT2D eigenvalue weighted by Gasteiger charge is -2.49. The molecule has 1 saturated heterocycles. The second kappa shape index (κ2) is 7.85. The van der Waals surface area contributed by atoms with Crippen LogP contribution in [0.5, 0.6) is 0 Å². The number of ether oxygens (including phenoxy) is 1. The zero-order valence-electron chi connectivity index (χ0n) is 17.0. The predicted molar refractivity (Wildman–Crippen MR) is 106 cm³/mol. The largest absolute Gasteiger partial charge is 0.471 e. The van der Waals surface area contributed by atoms with Gasteiger partial charge in [-0.3, -0.25) is 4.79 Å². The monoisotopic (exact) mass is 430 g/mol. The number of rotatable bonds is 4. The molecule has 4 rings (SSSR count). The van der Waals surface area contributed by atoms with Gasteiger partial charge in [-0.2, -0.15) is 13.2 Å². The van der Waals surface area contributed by atoms with Crippen molar-refractivity contribution < 1.29 is 22.7 Å². The van der Waals surface area contributed by atoms with Crippen molar-refractivity contribution in [3.05, 3.63) is 21.4 Å². The molecule has 1 aliphatic carbocycles. The Labute approximate surface area is 173 Å². The Morgan fingerprint density at radius 3 is 2.83 bits per heavy atom. The van der Waals surface area contributed by atoms with Gasteiger partial charge in [0.15, 0.2) is 0 Å². The Morgan fingerprint density at radius 2 is 2.17 bits per heavy atom. The highest BCUT2D eigenvalue weighted by atomic mass is 32.1. The van der Waals surface area contributed by atoms with Crippen LogP contribution in [-0.4, -0.2) is 48.8 Å². The molecule has 29 heavy (non-hydrogen) atoms. The molecule has 0 aromatic carbocycles. The van der Waals surface area contributed by atoms with Crippen LogP contribution in [0.2, 0.25) is 0 Å². The smallest absolute Gasteiger partial charge is 0.370 e. The summed E-state index contributed by atoms with van der Waals surface area (Å²) in [4.78, 5) is 16.4. The summed E-state index contributed by atoms with van der Waals surface area (Å²) >= 11 is 1.93. The Bertz CT molecular complexity index is 760. The van der Waals surface area contributed by atoms with Gasteiger partial charge in [-0.25, -0.2) is 0 Å². The number of thiophene rings is 1. The van der Waals surface area contributed by atoms with Crippen molar-refractivity contribution in [3.63, 3.8) is 0 Å². The van der Waals surface area contributed by atoms with Gasteiger partial charge in [0.25, 0.3) is 0 Å². The second-order valence-electron chi connectivity index (χ2n) is 8.80. The lowest BCUT2D eigenvalue weighted by molar-refractivity contribution is -0.175. The summed E-state index contributed by atoms with van der Waals surface area (Å²) in [5.74, 6) is -1.47. The van der Waals surface area contributed by atoms with Gasteiger partial charge in [-0.1, -0.05) is 6.92 Å². The highest BCUT2D eigenvalue weighted by Crippen LogP contribution is 2.46. The zero-order chi connectivity index (χ0) is 20.8.